The summed E-state index contributed by atoms with van der Waals surface area (Å²) in [6, 6.07) is 19.8. The number of amides is 1. The topological polar surface area (TPSA) is 59.5 Å². The summed E-state index contributed by atoms with van der Waals surface area (Å²) in [5.41, 5.74) is 7.58. The summed E-state index contributed by atoms with van der Waals surface area (Å²) >= 11 is 0. The Morgan fingerprint density at radius 3 is 2.56 bits per heavy atom. The van der Waals surface area contributed by atoms with E-state index in [-0.39, 0.29) is 11.8 Å². The Hall–Kier alpha value is -2.59. The van der Waals surface area contributed by atoms with Crippen LogP contribution in [0.2, 0.25) is 0 Å². The number of rotatable bonds is 7. The number of furan rings is 1. The van der Waals surface area contributed by atoms with Gasteiger partial charge in [0.05, 0.1) is 5.92 Å². The number of benzene rings is 2. The van der Waals surface area contributed by atoms with Crippen LogP contribution >= 0.6 is 0 Å². The Kier molecular flexibility index (Phi) is 5.51. The van der Waals surface area contributed by atoms with E-state index in [1.807, 2.05) is 72.5 Å². The Morgan fingerprint density at radius 2 is 1.84 bits per heavy atom. The van der Waals surface area contributed by atoms with Crippen LogP contribution in [-0.4, -0.2) is 23.9 Å². The van der Waals surface area contributed by atoms with Crippen LogP contribution in [0.4, 0.5) is 0 Å². The monoisotopic (exact) mass is 336 g/mol. The summed E-state index contributed by atoms with van der Waals surface area (Å²) in [5, 5.41) is 1.02. The van der Waals surface area contributed by atoms with E-state index in [1.54, 1.807) is 0 Å². The molecule has 1 aromatic heterocycles. The molecule has 2 aromatic carbocycles. The maximum absolute atomic E-state index is 13.1. The summed E-state index contributed by atoms with van der Waals surface area (Å²) in [4.78, 5) is 14.9. The average Bonchev–Trinajstić information content (AvgIpc) is 3.09. The number of hydrogen-bond donors (Lipinski definition) is 1. The van der Waals surface area contributed by atoms with Crippen molar-refractivity contribution in [3.63, 3.8) is 0 Å². The molecule has 130 valence electrons. The van der Waals surface area contributed by atoms with Gasteiger partial charge in [-0.25, -0.2) is 0 Å². The van der Waals surface area contributed by atoms with Crippen LogP contribution in [0.3, 0.4) is 0 Å². The third-order valence-corrected chi connectivity index (χ3v) is 4.40. The molecule has 0 bridgehead atoms. The minimum absolute atomic E-state index is 0.0661. The highest BCUT2D eigenvalue weighted by Gasteiger charge is 2.24. The molecule has 1 unspecified atom stereocenters. The first-order chi connectivity index (χ1) is 12.2. The highest BCUT2D eigenvalue weighted by atomic mass is 16.3. The molecule has 0 aliphatic heterocycles. The van der Waals surface area contributed by atoms with E-state index in [0.29, 0.717) is 25.4 Å². The minimum Gasteiger partial charge on any atom is -0.460 e. The lowest BCUT2D eigenvalue weighted by Crippen LogP contribution is -2.35. The molecule has 0 spiro atoms. The third-order valence-electron chi connectivity index (χ3n) is 4.40. The van der Waals surface area contributed by atoms with E-state index in [1.165, 1.54) is 0 Å². The second-order valence-corrected chi connectivity index (χ2v) is 6.30. The van der Waals surface area contributed by atoms with Gasteiger partial charge in [0, 0.05) is 18.5 Å². The molecule has 0 fully saturated rings. The first-order valence-electron chi connectivity index (χ1n) is 8.70. The lowest BCUT2D eigenvalue weighted by atomic mass is 10.1. The first kappa shape index (κ1) is 17.2. The molecular formula is C21H24N2O2. The Labute approximate surface area is 148 Å². The van der Waals surface area contributed by atoms with Gasteiger partial charge >= 0.3 is 0 Å². The van der Waals surface area contributed by atoms with Gasteiger partial charge in [-0.05, 0) is 37.6 Å². The number of fused-ring (bicyclic) bond motifs is 1. The Bertz CT molecular complexity index is 793. The summed E-state index contributed by atoms with van der Waals surface area (Å²) in [7, 11) is 0. The highest BCUT2D eigenvalue weighted by Crippen LogP contribution is 2.26. The zero-order chi connectivity index (χ0) is 17.6. The molecular weight excluding hydrogens is 312 g/mol. The van der Waals surface area contributed by atoms with Gasteiger partial charge in [-0.15, -0.1) is 0 Å². The standard InChI is InChI=1S/C21H24N2O2/c1-16(20-14-18-10-5-6-11-19(18)25-20)21(24)23(13-7-12-22)15-17-8-3-2-4-9-17/h2-6,8-11,14,16H,7,12-13,15,22H2,1H3. The van der Waals surface area contributed by atoms with Gasteiger partial charge < -0.3 is 15.1 Å². The Balaban J connectivity index is 1.80. The SMILES string of the molecule is CC(C(=O)N(CCCN)Cc1ccccc1)c1cc2ccccc2o1. The predicted molar refractivity (Wildman–Crippen MR) is 100 cm³/mol. The van der Waals surface area contributed by atoms with Gasteiger partial charge in [-0.2, -0.15) is 0 Å². The molecule has 4 heteroatoms. The van der Waals surface area contributed by atoms with E-state index in [4.69, 9.17) is 10.2 Å². The van der Waals surface area contributed by atoms with Crippen LogP contribution in [-0.2, 0) is 11.3 Å². The molecule has 1 amide bonds. The zero-order valence-corrected chi connectivity index (χ0v) is 14.5. The van der Waals surface area contributed by atoms with Crippen LogP contribution in [0.5, 0.6) is 0 Å². The van der Waals surface area contributed by atoms with E-state index in [0.717, 1.165) is 23.0 Å². The number of nitrogens with two attached hydrogens (primary N) is 1. The highest BCUT2D eigenvalue weighted by molar-refractivity contribution is 5.85. The minimum atomic E-state index is -0.325. The molecule has 0 radical (unpaired) electrons. The fourth-order valence-corrected chi connectivity index (χ4v) is 2.96. The Morgan fingerprint density at radius 1 is 1.12 bits per heavy atom. The van der Waals surface area contributed by atoms with Crippen molar-refractivity contribution in [1.29, 1.82) is 0 Å². The lowest BCUT2D eigenvalue weighted by Gasteiger charge is -2.25. The average molecular weight is 336 g/mol. The lowest BCUT2D eigenvalue weighted by molar-refractivity contribution is -0.133. The predicted octanol–water partition coefficient (Wildman–Crippen LogP) is 3.91. The quantitative estimate of drug-likeness (QED) is 0.711. The normalized spacial score (nSPS) is 12.2. The van der Waals surface area contributed by atoms with Crippen molar-refractivity contribution < 1.29 is 9.21 Å². The molecule has 0 saturated heterocycles. The number of carbonyl (C=O) groups is 1. The molecule has 1 heterocycles. The molecule has 1 atom stereocenters. The maximum atomic E-state index is 13.1. The molecule has 0 aliphatic rings. The number of carbonyl (C=O) groups excluding carboxylic acids is 1. The maximum Gasteiger partial charge on any atom is 0.233 e. The van der Waals surface area contributed by atoms with Gasteiger partial charge in [0.15, 0.2) is 0 Å². The molecule has 25 heavy (non-hydrogen) atoms. The van der Waals surface area contributed by atoms with E-state index >= 15 is 0 Å². The summed E-state index contributed by atoms with van der Waals surface area (Å²) in [6.45, 7) is 3.71. The van der Waals surface area contributed by atoms with Crippen LogP contribution in [0.15, 0.2) is 65.1 Å². The van der Waals surface area contributed by atoms with Crippen molar-refractivity contribution in [2.75, 3.05) is 13.1 Å². The molecule has 0 saturated carbocycles. The first-order valence-corrected chi connectivity index (χ1v) is 8.70. The largest absolute Gasteiger partial charge is 0.460 e. The number of para-hydroxylation sites is 1. The van der Waals surface area contributed by atoms with Gasteiger partial charge in [-0.1, -0.05) is 48.5 Å². The van der Waals surface area contributed by atoms with Crippen molar-refractivity contribution in [3.8, 4) is 0 Å². The van der Waals surface area contributed by atoms with Crippen molar-refractivity contribution in [2.24, 2.45) is 5.73 Å². The van der Waals surface area contributed by atoms with Crippen LogP contribution < -0.4 is 5.73 Å². The van der Waals surface area contributed by atoms with Gasteiger partial charge in [0.2, 0.25) is 5.91 Å². The van der Waals surface area contributed by atoms with Crippen LogP contribution in [0.25, 0.3) is 11.0 Å². The summed E-state index contributed by atoms with van der Waals surface area (Å²) < 4.78 is 5.88. The van der Waals surface area contributed by atoms with Crippen molar-refractivity contribution in [1.82, 2.24) is 4.90 Å². The van der Waals surface area contributed by atoms with Crippen LogP contribution in [0.1, 0.15) is 30.6 Å². The summed E-state index contributed by atoms with van der Waals surface area (Å²) in [6.07, 6.45) is 0.783. The third kappa shape index (κ3) is 4.09. The number of nitrogens with zero attached hydrogens (tertiary/aromatic N) is 1. The fraction of sp³-hybridized carbons (Fsp3) is 0.286. The van der Waals surface area contributed by atoms with E-state index in [2.05, 4.69) is 0 Å². The van der Waals surface area contributed by atoms with Crippen molar-refractivity contribution in [3.05, 3.63) is 72.0 Å². The van der Waals surface area contributed by atoms with Crippen molar-refractivity contribution in [2.45, 2.75) is 25.8 Å². The van der Waals surface area contributed by atoms with Crippen LogP contribution in [0, 0.1) is 0 Å². The molecule has 2 N–H and O–H groups in total. The smallest absolute Gasteiger partial charge is 0.233 e. The van der Waals surface area contributed by atoms with Gasteiger partial charge in [0.25, 0.3) is 0 Å². The van der Waals surface area contributed by atoms with Crippen molar-refractivity contribution >= 4 is 16.9 Å². The number of hydrogen-bond acceptors (Lipinski definition) is 3. The van der Waals surface area contributed by atoms with Gasteiger partial charge in [-0.3, -0.25) is 4.79 Å². The second-order valence-electron chi connectivity index (χ2n) is 6.30. The van der Waals surface area contributed by atoms with E-state index in [9.17, 15) is 4.79 Å². The summed E-state index contributed by atoms with van der Waals surface area (Å²) in [5.74, 6) is 0.447. The molecule has 3 aromatic rings. The zero-order valence-electron chi connectivity index (χ0n) is 14.5. The second kappa shape index (κ2) is 7.99. The molecule has 4 nitrogen and oxygen atoms in total. The van der Waals surface area contributed by atoms with E-state index < -0.39 is 0 Å². The molecule has 0 aliphatic carbocycles. The molecule has 3 rings (SSSR count). The fourth-order valence-electron chi connectivity index (χ4n) is 2.96. The van der Waals surface area contributed by atoms with Gasteiger partial charge in [0.1, 0.15) is 11.3 Å².